The van der Waals surface area contributed by atoms with Gasteiger partial charge in [0.15, 0.2) is 0 Å². The Hall–Kier alpha value is -1.68. The van der Waals surface area contributed by atoms with Crippen LogP contribution in [0, 0.1) is 0 Å². The van der Waals surface area contributed by atoms with E-state index < -0.39 is 6.10 Å². The average Bonchev–Trinajstić information content (AvgIpc) is 2.72. The number of pyridine rings is 1. The molecule has 4 heteroatoms. The Bertz CT molecular complexity index is 540. The number of hydrogen-bond acceptors (Lipinski definition) is 3. The third kappa shape index (κ3) is 3.20. The van der Waals surface area contributed by atoms with E-state index >= 15 is 0 Å². The monoisotopic (exact) mass is 259 g/mol. The highest BCUT2D eigenvalue weighted by Gasteiger charge is 2.25. The summed E-state index contributed by atoms with van der Waals surface area (Å²) in [5.41, 5.74) is 2.64. The molecule has 1 N–H and O–H groups in total. The molecular formula is C15H21N3O. The largest absolute Gasteiger partial charge is 0.388 e. The number of hydrogen-bond donors (Lipinski definition) is 1. The molecule has 0 fully saturated rings. The van der Waals surface area contributed by atoms with Crippen LogP contribution < -0.4 is 0 Å². The minimum atomic E-state index is -0.571. The van der Waals surface area contributed by atoms with Crippen LogP contribution in [0.2, 0.25) is 0 Å². The van der Waals surface area contributed by atoms with E-state index in [4.69, 9.17) is 0 Å². The fourth-order valence-electron chi connectivity index (χ4n) is 2.16. The maximum absolute atomic E-state index is 10.4. The summed E-state index contributed by atoms with van der Waals surface area (Å²) in [5.74, 6) is 0. The van der Waals surface area contributed by atoms with Gasteiger partial charge >= 0.3 is 0 Å². The molecule has 0 bridgehead atoms. The Labute approximate surface area is 114 Å². The molecule has 0 aliphatic heterocycles. The van der Waals surface area contributed by atoms with Gasteiger partial charge in [-0.1, -0.05) is 26.8 Å². The summed E-state index contributed by atoms with van der Waals surface area (Å²) < 4.78 is 1.76. The Balaban J connectivity index is 2.27. The lowest BCUT2D eigenvalue weighted by molar-refractivity contribution is 0.174. The highest BCUT2D eigenvalue weighted by Crippen LogP contribution is 2.29. The van der Waals surface area contributed by atoms with Crippen molar-refractivity contribution in [2.45, 2.75) is 38.7 Å². The molecule has 0 saturated heterocycles. The van der Waals surface area contributed by atoms with Crippen LogP contribution in [-0.4, -0.2) is 19.9 Å². The molecule has 0 aliphatic carbocycles. The molecule has 2 heterocycles. The minimum Gasteiger partial charge on any atom is -0.388 e. The molecule has 19 heavy (non-hydrogen) atoms. The molecular weight excluding hydrogens is 238 g/mol. The molecule has 4 nitrogen and oxygen atoms in total. The zero-order valence-corrected chi connectivity index (χ0v) is 12.0. The fourth-order valence-corrected chi connectivity index (χ4v) is 2.16. The lowest BCUT2D eigenvalue weighted by atomic mass is 9.87. The average molecular weight is 259 g/mol. The highest BCUT2D eigenvalue weighted by molar-refractivity contribution is 5.27. The Morgan fingerprint density at radius 3 is 2.63 bits per heavy atom. The molecule has 0 amide bonds. The molecule has 1 atom stereocenters. The molecule has 2 aromatic heterocycles. The van der Waals surface area contributed by atoms with E-state index in [0.717, 1.165) is 17.0 Å². The number of aromatic nitrogens is 3. The third-order valence-electron chi connectivity index (χ3n) is 3.06. The zero-order valence-electron chi connectivity index (χ0n) is 12.0. The van der Waals surface area contributed by atoms with Crippen molar-refractivity contribution in [1.29, 1.82) is 0 Å². The predicted octanol–water partition coefficient (Wildman–Crippen LogP) is 2.39. The highest BCUT2D eigenvalue weighted by atomic mass is 16.3. The number of nitrogens with zero attached hydrogens (tertiary/aromatic N) is 3. The molecule has 2 aromatic rings. The van der Waals surface area contributed by atoms with Crippen molar-refractivity contribution in [2.24, 2.45) is 7.05 Å². The van der Waals surface area contributed by atoms with Crippen LogP contribution in [0.1, 0.15) is 43.8 Å². The maximum atomic E-state index is 10.4. The van der Waals surface area contributed by atoms with Crippen LogP contribution in [-0.2, 0) is 18.9 Å². The Morgan fingerprint density at radius 1 is 1.32 bits per heavy atom. The van der Waals surface area contributed by atoms with Crippen molar-refractivity contribution in [2.75, 3.05) is 0 Å². The van der Waals surface area contributed by atoms with Gasteiger partial charge in [0.05, 0.1) is 11.8 Å². The van der Waals surface area contributed by atoms with Crippen molar-refractivity contribution in [3.05, 3.63) is 47.5 Å². The number of aryl methyl sites for hydroxylation is 1. The van der Waals surface area contributed by atoms with Crippen molar-refractivity contribution < 1.29 is 5.11 Å². The smallest absolute Gasteiger partial charge is 0.0878 e. The van der Waals surface area contributed by atoms with Crippen molar-refractivity contribution in [3.8, 4) is 0 Å². The van der Waals surface area contributed by atoms with Gasteiger partial charge in [-0.25, -0.2) is 0 Å². The summed E-state index contributed by atoms with van der Waals surface area (Å²) in [4.78, 5) is 4.26. The summed E-state index contributed by atoms with van der Waals surface area (Å²) in [6.45, 7) is 6.31. The van der Waals surface area contributed by atoms with Crippen molar-refractivity contribution in [3.63, 3.8) is 0 Å². The Morgan fingerprint density at radius 2 is 2.05 bits per heavy atom. The van der Waals surface area contributed by atoms with Crippen molar-refractivity contribution in [1.82, 2.24) is 14.8 Å². The number of aliphatic hydroxyl groups excluding tert-OH is 1. The van der Waals surface area contributed by atoms with Crippen LogP contribution in [0.15, 0.2) is 30.6 Å². The fraction of sp³-hybridized carbons (Fsp3) is 0.467. The molecule has 1 unspecified atom stereocenters. The number of aliphatic hydroxyl groups is 1. The summed E-state index contributed by atoms with van der Waals surface area (Å²) in [6, 6.07) is 5.74. The normalized spacial score (nSPS) is 13.5. The molecule has 0 aliphatic rings. The van der Waals surface area contributed by atoms with E-state index in [0.29, 0.717) is 6.42 Å². The Kier molecular flexibility index (Phi) is 3.71. The van der Waals surface area contributed by atoms with Gasteiger partial charge in [-0.3, -0.25) is 9.67 Å². The summed E-state index contributed by atoms with van der Waals surface area (Å²) >= 11 is 0. The quantitative estimate of drug-likeness (QED) is 0.920. The third-order valence-corrected chi connectivity index (χ3v) is 3.06. The second kappa shape index (κ2) is 5.13. The van der Waals surface area contributed by atoms with E-state index in [9.17, 15) is 5.11 Å². The first kappa shape index (κ1) is 13.7. The second-order valence-corrected chi connectivity index (χ2v) is 5.90. The first-order chi connectivity index (χ1) is 8.88. The van der Waals surface area contributed by atoms with Crippen LogP contribution >= 0.6 is 0 Å². The zero-order chi connectivity index (χ0) is 14.0. The lowest BCUT2D eigenvalue weighted by Crippen LogP contribution is -2.17. The molecule has 0 radical (unpaired) electrons. The standard InChI is InChI=1S/C15H21N3O/c1-15(2,3)14-12(10-18(4)17-14)13(19)9-11-7-5-6-8-16-11/h5-8,10,13,19H,9H2,1-4H3. The van der Waals surface area contributed by atoms with E-state index in [2.05, 4.69) is 30.9 Å². The lowest BCUT2D eigenvalue weighted by Gasteiger charge is -2.19. The van der Waals surface area contributed by atoms with Gasteiger partial charge in [0.25, 0.3) is 0 Å². The van der Waals surface area contributed by atoms with Crippen LogP contribution in [0.5, 0.6) is 0 Å². The van der Waals surface area contributed by atoms with E-state index in [1.54, 1.807) is 10.9 Å². The predicted molar refractivity (Wildman–Crippen MR) is 74.8 cm³/mol. The number of rotatable bonds is 3. The molecule has 2 rings (SSSR count). The molecule has 102 valence electrons. The van der Waals surface area contributed by atoms with Gasteiger partial charge in [0.1, 0.15) is 0 Å². The first-order valence-corrected chi connectivity index (χ1v) is 6.50. The van der Waals surface area contributed by atoms with Crippen LogP contribution in [0.3, 0.4) is 0 Å². The SMILES string of the molecule is Cn1cc(C(O)Cc2ccccn2)c(C(C)(C)C)n1. The summed E-state index contributed by atoms with van der Waals surface area (Å²) in [5, 5.41) is 14.9. The topological polar surface area (TPSA) is 50.9 Å². The van der Waals surface area contributed by atoms with E-state index in [1.807, 2.05) is 31.4 Å². The van der Waals surface area contributed by atoms with Gasteiger partial charge in [-0.15, -0.1) is 0 Å². The molecule has 0 aromatic carbocycles. The summed E-state index contributed by atoms with van der Waals surface area (Å²) in [6.07, 6.45) is 3.58. The van der Waals surface area contributed by atoms with Crippen LogP contribution in [0.25, 0.3) is 0 Å². The minimum absolute atomic E-state index is 0.0817. The van der Waals surface area contributed by atoms with Gasteiger partial charge in [0, 0.05) is 42.5 Å². The van der Waals surface area contributed by atoms with Gasteiger partial charge < -0.3 is 5.11 Å². The second-order valence-electron chi connectivity index (χ2n) is 5.90. The first-order valence-electron chi connectivity index (χ1n) is 6.50. The van der Waals surface area contributed by atoms with E-state index in [1.165, 1.54) is 0 Å². The van der Waals surface area contributed by atoms with Gasteiger partial charge in [0.2, 0.25) is 0 Å². The van der Waals surface area contributed by atoms with Crippen molar-refractivity contribution >= 4 is 0 Å². The molecule has 0 saturated carbocycles. The van der Waals surface area contributed by atoms with E-state index in [-0.39, 0.29) is 5.41 Å². The van der Waals surface area contributed by atoms with Gasteiger partial charge in [-0.2, -0.15) is 5.10 Å². The maximum Gasteiger partial charge on any atom is 0.0878 e. The molecule has 0 spiro atoms. The summed E-state index contributed by atoms with van der Waals surface area (Å²) in [7, 11) is 1.88. The van der Waals surface area contributed by atoms with Crippen LogP contribution in [0.4, 0.5) is 0 Å². The van der Waals surface area contributed by atoms with Gasteiger partial charge in [-0.05, 0) is 12.1 Å².